The van der Waals surface area contributed by atoms with Crippen LogP contribution in [-0.2, 0) is 9.53 Å². The number of aromatic nitrogens is 1. The third kappa shape index (κ3) is 2.17. The fraction of sp³-hybridized carbons (Fsp3) is 0.308. The third-order valence-corrected chi connectivity index (χ3v) is 2.80. The van der Waals surface area contributed by atoms with Crippen LogP contribution in [-0.4, -0.2) is 24.1 Å². The Kier molecular flexibility index (Phi) is 3.44. The monoisotopic (exact) mass is 232 g/mol. The van der Waals surface area contributed by atoms with Crippen LogP contribution in [0.1, 0.15) is 18.4 Å². The summed E-state index contributed by atoms with van der Waals surface area (Å²) >= 11 is 0. The molecule has 0 aliphatic rings. The van der Waals surface area contributed by atoms with E-state index in [9.17, 15) is 4.79 Å². The number of nitrogens with two attached hydrogens (primary N) is 1. The normalized spacial score (nSPS) is 12.6. The second-order valence-corrected chi connectivity index (χ2v) is 3.83. The van der Waals surface area contributed by atoms with Gasteiger partial charge in [0.25, 0.3) is 0 Å². The maximum atomic E-state index is 11.8. The molecule has 1 atom stereocenters. The fourth-order valence-electron chi connectivity index (χ4n) is 1.98. The van der Waals surface area contributed by atoms with Crippen LogP contribution in [0, 0.1) is 0 Å². The van der Waals surface area contributed by atoms with Crippen molar-refractivity contribution in [2.75, 3.05) is 13.2 Å². The fourth-order valence-corrected chi connectivity index (χ4v) is 1.98. The average Bonchev–Trinajstić information content (AvgIpc) is 2.75. The molecule has 0 bridgehead atoms. The highest BCUT2D eigenvalue weighted by atomic mass is 16.5. The Morgan fingerprint density at radius 1 is 1.47 bits per heavy atom. The molecule has 0 radical (unpaired) electrons. The third-order valence-electron chi connectivity index (χ3n) is 2.80. The van der Waals surface area contributed by atoms with Crippen molar-refractivity contribution < 1.29 is 9.53 Å². The molecular weight excluding hydrogens is 216 g/mol. The molecule has 1 unspecified atom stereocenters. The molecule has 4 heteroatoms. The Morgan fingerprint density at radius 2 is 2.24 bits per heavy atom. The predicted molar refractivity (Wildman–Crippen MR) is 66.7 cm³/mol. The Morgan fingerprint density at radius 3 is 2.94 bits per heavy atom. The van der Waals surface area contributed by atoms with Crippen molar-refractivity contribution in [2.45, 2.75) is 12.8 Å². The van der Waals surface area contributed by atoms with Crippen LogP contribution in [0.5, 0.6) is 0 Å². The highest BCUT2D eigenvalue weighted by Gasteiger charge is 2.23. The number of H-pyrrole nitrogens is 1. The van der Waals surface area contributed by atoms with Gasteiger partial charge in [-0.2, -0.15) is 0 Å². The number of hydrogen-bond donors (Lipinski definition) is 2. The molecule has 2 rings (SSSR count). The average molecular weight is 232 g/mol. The molecule has 1 aromatic carbocycles. The van der Waals surface area contributed by atoms with E-state index in [1.807, 2.05) is 30.5 Å². The van der Waals surface area contributed by atoms with Crippen LogP contribution >= 0.6 is 0 Å². The van der Waals surface area contributed by atoms with Crippen molar-refractivity contribution in [1.82, 2.24) is 4.98 Å². The first-order valence-electron chi connectivity index (χ1n) is 5.70. The topological polar surface area (TPSA) is 68.1 Å². The van der Waals surface area contributed by atoms with Crippen molar-refractivity contribution in [3.63, 3.8) is 0 Å². The molecule has 0 saturated heterocycles. The zero-order valence-electron chi connectivity index (χ0n) is 9.77. The van der Waals surface area contributed by atoms with Gasteiger partial charge < -0.3 is 15.5 Å². The van der Waals surface area contributed by atoms with Gasteiger partial charge in [-0.3, -0.25) is 4.79 Å². The quantitative estimate of drug-likeness (QED) is 0.789. The molecule has 0 amide bonds. The summed E-state index contributed by atoms with van der Waals surface area (Å²) in [4.78, 5) is 14.9. The molecule has 17 heavy (non-hydrogen) atoms. The molecule has 0 aliphatic carbocycles. The van der Waals surface area contributed by atoms with E-state index >= 15 is 0 Å². The SMILES string of the molecule is CCOC(=O)C(CN)c1c[nH]c2ccccc12. The second kappa shape index (κ2) is 5.01. The number of carbonyl (C=O) groups is 1. The summed E-state index contributed by atoms with van der Waals surface area (Å²) in [6.07, 6.45) is 1.83. The van der Waals surface area contributed by atoms with Gasteiger partial charge in [-0.25, -0.2) is 0 Å². The van der Waals surface area contributed by atoms with Crippen LogP contribution in [0.25, 0.3) is 10.9 Å². The van der Waals surface area contributed by atoms with Gasteiger partial charge in [-0.15, -0.1) is 0 Å². The van der Waals surface area contributed by atoms with Crippen molar-refractivity contribution in [2.24, 2.45) is 5.73 Å². The minimum atomic E-state index is -0.397. The van der Waals surface area contributed by atoms with Gasteiger partial charge in [0, 0.05) is 23.6 Å². The van der Waals surface area contributed by atoms with Gasteiger partial charge in [0.15, 0.2) is 0 Å². The van der Waals surface area contributed by atoms with E-state index in [0.717, 1.165) is 16.5 Å². The van der Waals surface area contributed by atoms with E-state index in [-0.39, 0.29) is 12.5 Å². The first-order chi connectivity index (χ1) is 8.27. The van der Waals surface area contributed by atoms with E-state index in [1.165, 1.54) is 0 Å². The summed E-state index contributed by atoms with van der Waals surface area (Å²) < 4.78 is 5.03. The summed E-state index contributed by atoms with van der Waals surface area (Å²) in [7, 11) is 0. The van der Waals surface area contributed by atoms with E-state index in [0.29, 0.717) is 6.61 Å². The number of carbonyl (C=O) groups excluding carboxylic acids is 1. The van der Waals surface area contributed by atoms with Crippen LogP contribution < -0.4 is 5.73 Å². The van der Waals surface area contributed by atoms with Crippen molar-refractivity contribution in [3.8, 4) is 0 Å². The molecule has 0 aliphatic heterocycles. The van der Waals surface area contributed by atoms with Crippen molar-refractivity contribution in [1.29, 1.82) is 0 Å². The first kappa shape index (κ1) is 11.7. The van der Waals surface area contributed by atoms with Crippen LogP contribution in [0.3, 0.4) is 0 Å². The number of aromatic amines is 1. The maximum Gasteiger partial charge on any atom is 0.314 e. The molecule has 4 nitrogen and oxygen atoms in total. The van der Waals surface area contributed by atoms with Crippen LogP contribution in [0.15, 0.2) is 30.5 Å². The van der Waals surface area contributed by atoms with Gasteiger partial charge in [-0.05, 0) is 18.6 Å². The minimum absolute atomic E-state index is 0.251. The highest BCUT2D eigenvalue weighted by molar-refractivity contribution is 5.90. The summed E-state index contributed by atoms with van der Waals surface area (Å²) in [5.74, 6) is -0.661. The van der Waals surface area contributed by atoms with Gasteiger partial charge >= 0.3 is 5.97 Å². The van der Waals surface area contributed by atoms with Gasteiger partial charge in [-0.1, -0.05) is 18.2 Å². The van der Waals surface area contributed by atoms with E-state index in [2.05, 4.69) is 4.98 Å². The van der Waals surface area contributed by atoms with Gasteiger partial charge in [0.2, 0.25) is 0 Å². The molecule has 0 saturated carbocycles. The Labute approximate surface area is 99.8 Å². The lowest BCUT2D eigenvalue weighted by molar-refractivity contribution is -0.144. The largest absolute Gasteiger partial charge is 0.465 e. The second-order valence-electron chi connectivity index (χ2n) is 3.83. The molecule has 3 N–H and O–H groups in total. The zero-order valence-corrected chi connectivity index (χ0v) is 9.77. The van der Waals surface area contributed by atoms with E-state index < -0.39 is 5.92 Å². The number of esters is 1. The Bertz CT molecular complexity index is 519. The lowest BCUT2D eigenvalue weighted by Gasteiger charge is -2.12. The van der Waals surface area contributed by atoms with Crippen molar-refractivity contribution >= 4 is 16.9 Å². The number of benzene rings is 1. The molecule has 1 aromatic heterocycles. The molecule has 90 valence electrons. The highest BCUT2D eigenvalue weighted by Crippen LogP contribution is 2.25. The van der Waals surface area contributed by atoms with E-state index in [4.69, 9.17) is 10.5 Å². The van der Waals surface area contributed by atoms with Crippen molar-refractivity contribution in [3.05, 3.63) is 36.0 Å². The number of hydrogen-bond acceptors (Lipinski definition) is 3. The Hall–Kier alpha value is -1.81. The minimum Gasteiger partial charge on any atom is -0.465 e. The summed E-state index contributed by atoms with van der Waals surface area (Å²) in [6.45, 7) is 2.42. The van der Waals surface area contributed by atoms with Gasteiger partial charge in [0.05, 0.1) is 12.5 Å². The summed E-state index contributed by atoms with van der Waals surface area (Å²) in [5.41, 5.74) is 7.58. The number of nitrogens with one attached hydrogen (secondary N) is 1. The van der Waals surface area contributed by atoms with Crippen LogP contribution in [0.4, 0.5) is 0 Å². The lowest BCUT2D eigenvalue weighted by atomic mass is 9.99. The predicted octanol–water partition coefficient (Wildman–Crippen LogP) is 1.77. The smallest absolute Gasteiger partial charge is 0.314 e. The number of para-hydroxylation sites is 1. The van der Waals surface area contributed by atoms with Gasteiger partial charge in [0.1, 0.15) is 0 Å². The number of rotatable bonds is 4. The molecule has 0 fully saturated rings. The maximum absolute atomic E-state index is 11.8. The molecular formula is C13H16N2O2. The standard InChI is InChI=1S/C13H16N2O2/c1-2-17-13(16)10(7-14)11-8-15-12-6-4-3-5-9(11)12/h3-6,8,10,15H,2,7,14H2,1H3. The number of fused-ring (bicyclic) bond motifs is 1. The Balaban J connectivity index is 2.40. The van der Waals surface area contributed by atoms with Crippen LogP contribution in [0.2, 0.25) is 0 Å². The number of ether oxygens (including phenoxy) is 1. The summed E-state index contributed by atoms with van der Waals surface area (Å²) in [6, 6.07) is 7.84. The lowest BCUT2D eigenvalue weighted by Crippen LogP contribution is -2.23. The zero-order chi connectivity index (χ0) is 12.3. The van der Waals surface area contributed by atoms with E-state index in [1.54, 1.807) is 6.92 Å². The molecule has 0 spiro atoms. The summed E-state index contributed by atoms with van der Waals surface area (Å²) in [5, 5.41) is 1.02. The first-order valence-corrected chi connectivity index (χ1v) is 5.70. The molecule has 2 aromatic rings. The molecule has 1 heterocycles.